The number of carboxylic acid groups (broad SMARTS) is 1. The number of hydrogen-bond acceptors (Lipinski definition) is 4. The second-order valence-electron chi connectivity index (χ2n) is 4.16. The summed E-state index contributed by atoms with van der Waals surface area (Å²) in [5.41, 5.74) is 0.465. The standard InChI is InChI=1S/C12H16O5S/c1-8(12(13)14)7-9-5-4-6-10(17-2)11(9)18(3,15)16/h4-6,8H,7H2,1-3H3,(H,13,14). The first kappa shape index (κ1) is 14.5. The third-order valence-electron chi connectivity index (χ3n) is 2.60. The Labute approximate surface area is 106 Å². The Kier molecular flexibility index (Phi) is 4.34. The summed E-state index contributed by atoms with van der Waals surface area (Å²) in [5, 5.41) is 8.88. The Morgan fingerprint density at radius 2 is 2.06 bits per heavy atom. The van der Waals surface area contributed by atoms with E-state index in [4.69, 9.17) is 9.84 Å². The van der Waals surface area contributed by atoms with Crippen LogP contribution < -0.4 is 4.74 Å². The van der Waals surface area contributed by atoms with Crippen LogP contribution in [0.15, 0.2) is 23.1 Å². The molecule has 1 N–H and O–H groups in total. The summed E-state index contributed by atoms with van der Waals surface area (Å²) < 4.78 is 28.5. The minimum atomic E-state index is -3.47. The SMILES string of the molecule is COc1cccc(CC(C)C(=O)O)c1S(C)(=O)=O. The predicted octanol–water partition coefficient (Wildman–Crippen LogP) is 1.36. The number of ether oxygens (including phenoxy) is 1. The molecule has 0 amide bonds. The molecule has 0 aliphatic heterocycles. The molecule has 0 heterocycles. The van der Waals surface area contributed by atoms with Gasteiger partial charge in [0.15, 0.2) is 9.84 Å². The van der Waals surface area contributed by atoms with E-state index in [1.54, 1.807) is 18.2 Å². The van der Waals surface area contributed by atoms with Crippen molar-refractivity contribution in [3.63, 3.8) is 0 Å². The van der Waals surface area contributed by atoms with E-state index < -0.39 is 21.7 Å². The summed E-state index contributed by atoms with van der Waals surface area (Å²) in [6, 6.07) is 4.81. The van der Waals surface area contributed by atoms with Crippen molar-refractivity contribution < 1.29 is 23.1 Å². The van der Waals surface area contributed by atoms with Gasteiger partial charge in [0.25, 0.3) is 0 Å². The molecule has 100 valence electrons. The van der Waals surface area contributed by atoms with Gasteiger partial charge in [-0.15, -0.1) is 0 Å². The van der Waals surface area contributed by atoms with Crippen LogP contribution in [0, 0.1) is 5.92 Å². The molecule has 1 aromatic carbocycles. The van der Waals surface area contributed by atoms with E-state index in [1.807, 2.05) is 0 Å². The number of benzene rings is 1. The molecule has 0 aliphatic rings. The molecule has 5 nitrogen and oxygen atoms in total. The number of carbonyl (C=O) groups is 1. The van der Waals surface area contributed by atoms with Crippen LogP contribution in [-0.2, 0) is 21.1 Å². The zero-order valence-electron chi connectivity index (χ0n) is 10.5. The Hall–Kier alpha value is -1.56. The fraction of sp³-hybridized carbons (Fsp3) is 0.417. The van der Waals surface area contributed by atoms with Gasteiger partial charge in [-0.05, 0) is 18.1 Å². The normalized spacial score (nSPS) is 13.1. The predicted molar refractivity (Wildman–Crippen MR) is 66.6 cm³/mol. The highest BCUT2D eigenvalue weighted by Gasteiger charge is 2.22. The molecule has 0 spiro atoms. The molecule has 1 rings (SSSR count). The molecule has 0 aromatic heterocycles. The Balaban J connectivity index is 3.32. The smallest absolute Gasteiger partial charge is 0.306 e. The highest BCUT2D eigenvalue weighted by Crippen LogP contribution is 2.29. The van der Waals surface area contributed by atoms with Crippen molar-refractivity contribution >= 4 is 15.8 Å². The van der Waals surface area contributed by atoms with Gasteiger partial charge < -0.3 is 9.84 Å². The first-order chi connectivity index (χ1) is 8.27. The monoisotopic (exact) mass is 272 g/mol. The first-order valence-corrected chi connectivity index (χ1v) is 7.25. The highest BCUT2D eigenvalue weighted by atomic mass is 32.2. The lowest BCUT2D eigenvalue weighted by atomic mass is 10.0. The van der Waals surface area contributed by atoms with Crippen molar-refractivity contribution in [1.82, 2.24) is 0 Å². The van der Waals surface area contributed by atoms with Gasteiger partial charge in [0.2, 0.25) is 0 Å². The molecule has 0 radical (unpaired) electrons. The molecular formula is C12H16O5S. The van der Waals surface area contributed by atoms with Gasteiger partial charge in [-0.25, -0.2) is 8.42 Å². The Morgan fingerprint density at radius 1 is 1.44 bits per heavy atom. The van der Waals surface area contributed by atoms with Gasteiger partial charge in [-0.3, -0.25) is 4.79 Å². The van der Waals surface area contributed by atoms with E-state index in [-0.39, 0.29) is 17.1 Å². The van der Waals surface area contributed by atoms with Crippen LogP contribution in [0.4, 0.5) is 0 Å². The molecule has 6 heteroatoms. The van der Waals surface area contributed by atoms with Crippen molar-refractivity contribution in [3.8, 4) is 5.75 Å². The van der Waals surface area contributed by atoms with Gasteiger partial charge in [-0.1, -0.05) is 19.1 Å². The molecule has 0 saturated heterocycles. The van der Waals surface area contributed by atoms with E-state index in [0.717, 1.165) is 6.26 Å². The fourth-order valence-corrected chi connectivity index (χ4v) is 2.87. The van der Waals surface area contributed by atoms with Crippen molar-refractivity contribution in [2.75, 3.05) is 13.4 Å². The molecular weight excluding hydrogens is 256 g/mol. The third kappa shape index (κ3) is 3.22. The van der Waals surface area contributed by atoms with Gasteiger partial charge in [0, 0.05) is 6.26 Å². The fourth-order valence-electron chi connectivity index (χ4n) is 1.72. The van der Waals surface area contributed by atoms with Crippen LogP contribution in [0.3, 0.4) is 0 Å². The Bertz CT molecular complexity index is 548. The van der Waals surface area contributed by atoms with Crippen molar-refractivity contribution in [3.05, 3.63) is 23.8 Å². The number of methoxy groups -OCH3 is 1. The van der Waals surface area contributed by atoms with Crippen molar-refractivity contribution in [2.24, 2.45) is 5.92 Å². The summed E-state index contributed by atoms with van der Waals surface area (Å²) >= 11 is 0. The number of sulfone groups is 1. The second kappa shape index (κ2) is 5.39. The molecule has 1 atom stereocenters. The van der Waals surface area contributed by atoms with E-state index in [0.29, 0.717) is 5.56 Å². The molecule has 18 heavy (non-hydrogen) atoms. The number of carboxylic acids is 1. The minimum absolute atomic E-state index is 0.0700. The number of hydrogen-bond donors (Lipinski definition) is 1. The Morgan fingerprint density at radius 3 is 2.50 bits per heavy atom. The first-order valence-electron chi connectivity index (χ1n) is 5.36. The summed E-state index contributed by atoms with van der Waals surface area (Å²) in [6.07, 6.45) is 1.23. The van der Waals surface area contributed by atoms with Gasteiger partial charge in [0.05, 0.1) is 13.0 Å². The van der Waals surface area contributed by atoms with Gasteiger partial charge >= 0.3 is 5.97 Å². The van der Waals surface area contributed by atoms with Crippen molar-refractivity contribution in [1.29, 1.82) is 0 Å². The minimum Gasteiger partial charge on any atom is -0.495 e. The lowest BCUT2D eigenvalue weighted by Gasteiger charge is -2.13. The number of aliphatic carboxylic acids is 1. The lowest BCUT2D eigenvalue weighted by Crippen LogP contribution is -2.15. The van der Waals surface area contributed by atoms with Crippen LogP contribution in [-0.4, -0.2) is 32.9 Å². The maximum Gasteiger partial charge on any atom is 0.306 e. The van der Waals surface area contributed by atoms with Crippen LogP contribution in [0.2, 0.25) is 0 Å². The van der Waals surface area contributed by atoms with E-state index in [1.165, 1.54) is 14.0 Å². The van der Waals surface area contributed by atoms with Crippen LogP contribution >= 0.6 is 0 Å². The zero-order valence-corrected chi connectivity index (χ0v) is 11.3. The summed E-state index contributed by atoms with van der Waals surface area (Å²) in [6.45, 7) is 1.54. The van der Waals surface area contributed by atoms with Crippen molar-refractivity contribution in [2.45, 2.75) is 18.2 Å². The average molecular weight is 272 g/mol. The van der Waals surface area contributed by atoms with Gasteiger partial charge in [-0.2, -0.15) is 0 Å². The average Bonchev–Trinajstić information content (AvgIpc) is 2.26. The summed E-state index contributed by atoms with van der Waals surface area (Å²) in [4.78, 5) is 10.9. The van der Waals surface area contributed by atoms with E-state index >= 15 is 0 Å². The molecule has 0 saturated carbocycles. The summed E-state index contributed by atoms with van der Waals surface area (Å²) in [7, 11) is -2.08. The zero-order chi connectivity index (χ0) is 13.9. The molecule has 1 unspecified atom stereocenters. The van der Waals surface area contributed by atoms with E-state index in [2.05, 4.69) is 0 Å². The number of rotatable bonds is 5. The third-order valence-corrected chi connectivity index (χ3v) is 3.80. The molecule has 0 bridgehead atoms. The lowest BCUT2D eigenvalue weighted by molar-refractivity contribution is -0.141. The quantitative estimate of drug-likeness (QED) is 0.875. The van der Waals surface area contributed by atoms with Crippen LogP contribution in [0.5, 0.6) is 5.75 Å². The second-order valence-corrected chi connectivity index (χ2v) is 6.12. The van der Waals surface area contributed by atoms with Crippen LogP contribution in [0.25, 0.3) is 0 Å². The van der Waals surface area contributed by atoms with E-state index in [9.17, 15) is 13.2 Å². The van der Waals surface area contributed by atoms with Gasteiger partial charge in [0.1, 0.15) is 10.6 Å². The molecule has 0 fully saturated rings. The maximum atomic E-state index is 11.8. The molecule has 0 aliphatic carbocycles. The summed E-state index contributed by atoms with van der Waals surface area (Å²) in [5.74, 6) is -1.37. The topological polar surface area (TPSA) is 80.7 Å². The highest BCUT2D eigenvalue weighted by molar-refractivity contribution is 7.90. The van der Waals surface area contributed by atoms with Crippen LogP contribution in [0.1, 0.15) is 12.5 Å². The maximum absolute atomic E-state index is 11.8. The molecule has 1 aromatic rings. The largest absolute Gasteiger partial charge is 0.495 e.